The number of carboxylic acids is 2. The first-order valence-corrected chi connectivity index (χ1v) is 21.7. The van der Waals surface area contributed by atoms with E-state index in [9.17, 15) is 19.8 Å². The second-order valence-electron chi connectivity index (χ2n) is 19.7. The zero-order valence-corrected chi connectivity index (χ0v) is 38.4. The van der Waals surface area contributed by atoms with Crippen LogP contribution in [0, 0.1) is 0 Å². The Balaban J connectivity index is 0.00000107. The molecule has 59 heavy (non-hydrogen) atoms. The number of rotatable bonds is 11. The van der Waals surface area contributed by atoms with Crippen LogP contribution in [0.25, 0.3) is 0 Å². The average molecular weight is 861 g/mol. The number of phenolic OH excluding ortho intramolecular Hbond substituents is 2. The van der Waals surface area contributed by atoms with Crippen LogP contribution >= 0.6 is 0 Å². The third-order valence-electron chi connectivity index (χ3n) is 11.7. The Hall–Kier alpha value is -3.70. The van der Waals surface area contributed by atoms with E-state index < -0.39 is 18.4 Å². The predicted octanol–water partition coefficient (Wildman–Crippen LogP) is 9.40. The third kappa shape index (κ3) is 14.8. The van der Waals surface area contributed by atoms with E-state index in [0.717, 1.165) is 73.7 Å². The summed E-state index contributed by atoms with van der Waals surface area (Å²) >= 11 is 0. The largest absolute Gasteiger partial charge is 0.507 e. The molecular formula is C48H73CoN4O6+. The van der Waals surface area contributed by atoms with E-state index in [1.807, 2.05) is 12.4 Å². The molecule has 1 radical (unpaired) electrons. The summed E-state index contributed by atoms with van der Waals surface area (Å²) in [5.74, 6) is -0.332. The zero-order valence-electron chi connectivity index (χ0n) is 37.4. The molecule has 2 unspecified atom stereocenters. The fourth-order valence-electron chi connectivity index (χ4n) is 8.21. The fourth-order valence-corrected chi connectivity index (χ4v) is 8.21. The van der Waals surface area contributed by atoms with Crippen molar-refractivity contribution >= 4 is 30.2 Å². The average Bonchev–Trinajstić information content (AvgIpc) is 3.38. The van der Waals surface area contributed by atoms with Gasteiger partial charge >= 0.3 is 11.9 Å². The van der Waals surface area contributed by atoms with Crippen LogP contribution in [0.1, 0.15) is 173 Å². The van der Waals surface area contributed by atoms with Gasteiger partial charge in [-0.3, -0.25) is 29.0 Å². The Labute approximate surface area is 364 Å². The first-order chi connectivity index (χ1) is 27.1. The number of aliphatic carboxylic acids is 2. The molecule has 3 aliphatic rings. The normalized spacial score (nSPS) is 19.2. The summed E-state index contributed by atoms with van der Waals surface area (Å²) in [5, 5.41) is 38.4. The topological polar surface area (TPSA) is 146 Å². The molecule has 2 heterocycles. The summed E-state index contributed by atoms with van der Waals surface area (Å²) in [6.07, 6.45) is 16.8. The number of hydrogen-bond donors (Lipinski definition) is 4. The van der Waals surface area contributed by atoms with Gasteiger partial charge in [0.1, 0.15) is 17.9 Å². The van der Waals surface area contributed by atoms with Crippen LogP contribution in [0.4, 0.5) is 0 Å². The van der Waals surface area contributed by atoms with Crippen LogP contribution in [0.15, 0.2) is 34.3 Å². The van der Waals surface area contributed by atoms with Gasteiger partial charge in [0.05, 0.1) is 38.3 Å². The second kappa shape index (κ2) is 21.7. The molecule has 1 aliphatic carbocycles. The molecule has 1 saturated carbocycles. The van der Waals surface area contributed by atoms with Crippen molar-refractivity contribution in [3.05, 3.63) is 57.6 Å². The van der Waals surface area contributed by atoms with Crippen LogP contribution in [0.5, 0.6) is 11.5 Å². The minimum atomic E-state index is -1.31. The molecule has 0 aromatic heterocycles. The number of carboxylic acid groups (broad SMARTS) is 2. The van der Waals surface area contributed by atoms with Crippen LogP contribution in [0.2, 0.25) is 0 Å². The molecule has 4 N–H and O–H groups in total. The molecule has 11 heteroatoms. The van der Waals surface area contributed by atoms with Crippen molar-refractivity contribution in [1.82, 2.24) is 4.90 Å². The van der Waals surface area contributed by atoms with Crippen molar-refractivity contribution in [3.63, 3.8) is 0 Å². The summed E-state index contributed by atoms with van der Waals surface area (Å²) in [5.41, 5.74) is 5.76. The predicted molar refractivity (Wildman–Crippen MR) is 236 cm³/mol. The van der Waals surface area contributed by atoms with Crippen LogP contribution in [-0.4, -0.2) is 98.4 Å². The van der Waals surface area contributed by atoms with Crippen molar-refractivity contribution in [2.24, 2.45) is 9.98 Å². The molecule has 2 aromatic rings. The van der Waals surface area contributed by atoms with E-state index in [1.165, 1.54) is 62.9 Å². The maximum absolute atomic E-state index is 11.6. The SMILES string of the molecule is CC(C)(C)c1cc(C=NC2CCCCC2N=Cc2cc(C(C)(C)C)cc(C(C)(C)C)c2O)c(O)c(CCCCN2CCC[N+]3=C2CCCCC3)c1.O=C(O)CC(=O)O.[Co]. The number of benzene rings is 2. The Morgan fingerprint density at radius 1 is 0.712 bits per heavy atom. The van der Waals surface area contributed by atoms with E-state index in [4.69, 9.17) is 20.2 Å². The van der Waals surface area contributed by atoms with E-state index in [-0.39, 0.29) is 45.1 Å². The maximum Gasteiger partial charge on any atom is 0.314 e. The number of unbranched alkanes of at least 4 members (excludes halogenated alkanes) is 1. The molecule has 0 amide bonds. The van der Waals surface area contributed by atoms with E-state index in [1.54, 1.807) is 5.84 Å². The summed E-state index contributed by atoms with van der Waals surface area (Å²) in [6.45, 7) is 24.6. The molecular weight excluding hydrogens is 787 g/mol. The first kappa shape index (κ1) is 49.7. The molecule has 5 rings (SSSR count). The van der Waals surface area contributed by atoms with Gasteiger partial charge in [0.25, 0.3) is 0 Å². The molecule has 2 aromatic carbocycles. The molecule has 329 valence electrons. The Kier molecular flexibility index (Phi) is 18.3. The van der Waals surface area contributed by atoms with Crippen molar-refractivity contribution in [2.45, 2.75) is 174 Å². The monoisotopic (exact) mass is 860 g/mol. The zero-order chi connectivity index (χ0) is 42.8. The fraction of sp³-hybridized carbons (Fsp3) is 0.646. The number of amidine groups is 1. The van der Waals surface area contributed by atoms with Crippen LogP contribution < -0.4 is 0 Å². The quantitative estimate of drug-likeness (QED) is 0.0763. The first-order valence-electron chi connectivity index (χ1n) is 21.7. The minimum absolute atomic E-state index is 0. The molecule has 10 nitrogen and oxygen atoms in total. The number of nitrogens with zero attached hydrogens (tertiary/aromatic N) is 4. The van der Waals surface area contributed by atoms with Gasteiger partial charge in [0, 0.05) is 58.7 Å². The van der Waals surface area contributed by atoms with Gasteiger partial charge in [0.2, 0.25) is 5.84 Å². The van der Waals surface area contributed by atoms with Gasteiger partial charge in [-0.2, -0.15) is 0 Å². The van der Waals surface area contributed by atoms with E-state index in [0.29, 0.717) is 11.5 Å². The number of hydrogen-bond acceptors (Lipinski definition) is 7. The molecule has 0 spiro atoms. The molecule has 2 aliphatic heterocycles. The van der Waals surface area contributed by atoms with Gasteiger partial charge in [-0.1, -0.05) is 87.3 Å². The number of aliphatic imine (C=N–C) groups is 2. The summed E-state index contributed by atoms with van der Waals surface area (Å²) in [4.78, 5) is 31.8. The van der Waals surface area contributed by atoms with Crippen molar-refractivity contribution in [2.75, 3.05) is 26.2 Å². The molecule has 0 bridgehead atoms. The van der Waals surface area contributed by atoms with Crippen molar-refractivity contribution in [1.29, 1.82) is 0 Å². The van der Waals surface area contributed by atoms with E-state index >= 15 is 0 Å². The van der Waals surface area contributed by atoms with Gasteiger partial charge < -0.3 is 20.4 Å². The van der Waals surface area contributed by atoms with Gasteiger partial charge in [-0.05, 0) is 96.4 Å². The molecule has 0 saturated heterocycles. The standard InChI is InChI=1S/C45H68N4O2.C3H4O4.Co/c1-43(2,3)35-26-32(18-14-16-23-49-25-17-24-48-22-15-10-11-21-40(48)49)41(50)33(27-35)30-46-38-19-12-13-20-39(38)47-31-34-28-36(44(4,5)6)29-37(42(34)51)45(7,8)9;4-2(5)1-3(6)7;/h26-31,38-39H,10-25H2,1-9H3,(H-,46,47,50,51);1H2,(H,4,5)(H,6,7);/p+1. The Morgan fingerprint density at radius 2 is 1.25 bits per heavy atom. The van der Waals surface area contributed by atoms with Crippen LogP contribution in [0.3, 0.4) is 0 Å². The molecule has 1 fully saturated rings. The number of aryl methyl sites for hydroxylation is 1. The Morgan fingerprint density at radius 3 is 1.78 bits per heavy atom. The third-order valence-corrected chi connectivity index (χ3v) is 11.7. The van der Waals surface area contributed by atoms with Gasteiger partial charge in [0.15, 0.2) is 0 Å². The van der Waals surface area contributed by atoms with Crippen molar-refractivity contribution in [3.8, 4) is 11.5 Å². The van der Waals surface area contributed by atoms with E-state index in [2.05, 4.69) is 96.1 Å². The van der Waals surface area contributed by atoms with Crippen molar-refractivity contribution < 1.29 is 51.4 Å². The number of carbonyl (C=O) groups is 2. The smallest absolute Gasteiger partial charge is 0.314 e. The van der Waals surface area contributed by atoms with Crippen LogP contribution in [-0.2, 0) is 49.0 Å². The number of aromatic hydroxyl groups is 2. The van der Waals surface area contributed by atoms with Gasteiger partial charge in [-0.15, -0.1) is 0 Å². The summed E-state index contributed by atoms with van der Waals surface area (Å²) in [7, 11) is 0. The number of phenols is 2. The Bertz CT molecular complexity index is 1820. The van der Waals surface area contributed by atoms with Gasteiger partial charge in [-0.25, -0.2) is 0 Å². The maximum atomic E-state index is 11.6. The summed E-state index contributed by atoms with van der Waals surface area (Å²) < 4.78 is 2.65. The molecule has 2 atom stereocenters. The second-order valence-corrected chi connectivity index (χ2v) is 19.7. The summed E-state index contributed by atoms with van der Waals surface area (Å²) in [6, 6.07) is 8.70. The minimum Gasteiger partial charge on any atom is -0.507 e.